The van der Waals surface area contributed by atoms with E-state index in [1.54, 1.807) is 59.7 Å². The van der Waals surface area contributed by atoms with Crippen LogP contribution in [0, 0.1) is 3.57 Å². The van der Waals surface area contributed by atoms with Crippen LogP contribution < -0.4 is 10.1 Å². The monoisotopic (exact) mass is 483 g/mol. The number of amides is 1. The van der Waals surface area contributed by atoms with Gasteiger partial charge in [-0.1, -0.05) is 12.1 Å². The van der Waals surface area contributed by atoms with Gasteiger partial charge in [0.25, 0.3) is 5.91 Å². The number of imidazole rings is 1. The van der Waals surface area contributed by atoms with Gasteiger partial charge in [0, 0.05) is 27.7 Å². The third-order valence-electron chi connectivity index (χ3n) is 3.85. The molecule has 2 aromatic carbocycles. The Hall–Kier alpha value is -3.27. The van der Waals surface area contributed by atoms with Crippen molar-refractivity contribution in [3.63, 3.8) is 0 Å². The molecule has 0 saturated heterocycles. The highest BCUT2D eigenvalue weighted by Gasteiger charge is 2.10. The first-order chi connectivity index (χ1) is 13.7. The summed E-state index contributed by atoms with van der Waals surface area (Å²) in [7, 11) is 0. The largest absolute Gasteiger partial charge is 0.439 e. The van der Waals surface area contributed by atoms with Crippen LogP contribution in [0.5, 0.6) is 11.6 Å². The molecule has 4 rings (SSSR count). The minimum Gasteiger partial charge on any atom is -0.439 e. The smallest absolute Gasteiger partial charge is 0.256 e. The minimum absolute atomic E-state index is 0.153. The molecule has 2 aromatic heterocycles. The molecule has 1 N–H and O–H groups in total. The Morgan fingerprint density at radius 1 is 1.07 bits per heavy atom. The summed E-state index contributed by atoms with van der Waals surface area (Å²) in [5.41, 5.74) is 1.32. The van der Waals surface area contributed by atoms with Gasteiger partial charge >= 0.3 is 0 Å². The van der Waals surface area contributed by atoms with Crippen molar-refractivity contribution in [2.24, 2.45) is 0 Å². The number of halogens is 1. The lowest BCUT2D eigenvalue weighted by Gasteiger charge is -2.09. The number of nitrogens with zero attached hydrogens (tertiary/aromatic N) is 4. The molecule has 7 nitrogen and oxygen atoms in total. The minimum atomic E-state index is -0.153. The molecule has 0 atom stereocenters. The van der Waals surface area contributed by atoms with Crippen molar-refractivity contribution in [1.82, 2.24) is 19.5 Å². The number of carbonyl (C=O) groups excluding carboxylic acids is 1. The molecule has 2 heterocycles. The molecule has 0 aliphatic heterocycles. The molecule has 0 radical (unpaired) electrons. The zero-order valence-corrected chi connectivity index (χ0v) is 16.6. The lowest BCUT2D eigenvalue weighted by molar-refractivity contribution is 0.102. The second-order valence-corrected chi connectivity index (χ2v) is 6.91. The first-order valence-corrected chi connectivity index (χ1v) is 9.41. The van der Waals surface area contributed by atoms with Gasteiger partial charge in [-0.05, 0) is 59.0 Å². The quantitative estimate of drug-likeness (QED) is 0.428. The lowest BCUT2D eigenvalue weighted by atomic mass is 10.2. The molecule has 4 aromatic rings. The van der Waals surface area contributed by atoms with Crippen LogP contribution in [-0.4, -0.2) is 25.4 Å². The Balaban J connectivity index is 1.45. The molecule has 138 valence electrons. The van der Waals surface area contributed by atoms with Gasteiger partial charge in [-0.15, -0.1) is 0 Å². The Bertz CT molecular complexity index is 1100. The number of hydrogen-bond acceptors (Lipinski definition) is 5. The summed E-state index contributed by atoms with van der Waals surface area (Å²) < 4.78 is 8.44. The summed E-state index contributed by atoms with van der Waals surface area (Å²) in [5.74, 6) is 1.51. The van der Waals surface area contributed by atoms with Crippen molar-refractivity contribution in [2.45, 2.75) is 0 Å². The predicted molar refractivity (Wildman–Crippen MR) is 113 cm³/mol. The van der Waals surface area contributed by atoms with Gasteiger partial charge in [-0.3, -0.25) is 9.36 Å². The molecule has 0 aliphatic rings. The van der Waals surface area contributed by atoms with E-state index in [0.717, 1.165) is 3.57 Å². The van der Waals surface area contributed by atoms with Gasteiger partial charge in [0.15, 0.2) is 0 Å². The zero-order chi connectivity index (χ0) is 19.3. The van der Waals surface area contributed by atoms with Gasteiger partial charge in [-0.2, -0.15) is 0 Å². The highest BCUT2D eigenvalue weighted by atomic mass is 127. The van der Waals surface area contributed by atoms with Gasteiger partial charge in [0.2, 0.25) is 5.88 Å². The first-order valence-electron chi connectivity index (χ1n) is 8.33. The molecule has 28 heavy (non-hydrogen) atoms. The van der Waals surface area contributed by atoms with Crippen LogP contribution >= 0.6 is 22.6 Å². The molecule has 0 bridgehead atoms. The molecule has 0 fully saturated rings. The molecular weight excluding hydrogens is 469 g/mol. The summed E-state index contributed by atoms with van der Waals surface area (Å²) in [6, 6.07) is 16.2. The van der Waals surface area contributed by atoms with Crippen LogP contribution in [0.25, 0.3) is 5.82 Å². The van der Waals surface area contributed by atoms with Crippen LogP contribution in [0.15, 0.2) is 79.6 Å². The Kier molecular flexibility index (Phi) is 5.29. The van der Waals surface area contributed by atoms with Crippen LogP contribution in [0.4, 0.5) is 5.69 Å². The fraction of sp³-hybridized carbons (Fsp3) is 0. The number of carbonyl (C=O) groups is 1. The third kappa shape index (κ3) is 4.17. The molecule has 0 spiro atoms. The Labute approximate surface area is 174 Å². The number of rotatable bonds is 5. The van der Waals surface area contributed by atoms with Crippen LogP contribution in [0.1, 0.15) is 10.4 Å². The SMILES string of the molecule is O=C(Nc1ccc(Oc2cc(-n3ccnc3)ncn2)cc1)c1ccccc1I. The average molecular weight is 483 g/mol. The molecular formula is C20H14IN5O2. The van der Waals surface area contributed by atoms with Gasteiger partial charge in [-0.25, -0.2) is 15.0 Å². The number of anilines is 1. The van der Waals surface area contributed by atoms with E-state index in [0.29, 0.717) is 28.7 Å². The normalized spacial score (nSPS) is 10.5. The number of ether oxygens (including phenoxy) is 1. The highest BCUT2D eigenvalue weighted by Crippen LogP contribution is 2.23. The predicted octanol–water partition coefficient (Wildman–Crippen LogP) is 4.31. The van der Waals surface area contributed by atoms with Crippen molar-refractivity contribution in [3.8, 4) is 17.4 Å². The standard InChI is InChI=1S/C20H14IN5O2/c21-17-4-2-1-3-16(17)20(27)25-14-5-7-15(8-6-14)28-19-11-18(23-12-24-19)26-10-9-22-13-26/h1-13H,(H,25,27). The van der Waals surface area contributed by atoms with E-state index in [-0.39, 0.29) is 5.91 Å². The van der Waals surface area contributed by atoms with E-state index in [9.17, 15) is 4.79 Å². The van der Waals surface area contributed by atoms with E-state index in [2.05, 4.69) is 42.9 Å². The maximum atomic E-state index is 12.4. The summed E-state index contributed by atoms with van der Waals surface area (Å²) in [6.45, 7) is 0. The zero-order valence-electron chi connectivity index (χ0n) is 14.5. The van der Waals surface area contributed by atoms with E-state index < -0.39 is 0 Å². The van der Waals surface area contributed by atoms with Crippen LogP contribution in [0.3, 0.4) is 0 Å². The van der Waals surface area contributed by atoms with Crippen molar-refractivity contribution in [2.75, 3.05) is 5.32 Å². The topological polar surface area (TPSA) is 81.9 Å². The van der Waals surface area contributed by atoms with Crippen molar-refractivity contribution >= 4 is 34.2 Å². The van der Waals surface area contributed by atoms with Crippen molar-refractivity contribution in [3.05, 3.63) is 88.8 Å². The molecule has 0 unspecified atom stereocenters. The van der Waals surface area contributed by atoms with E-state index in [1.807, 2.05) is 18.2 Å². The summed E-state index contributed by atoms with van der Waals surface area (Å²) in [6.07, 6.45) is 6.54. The van der Waals surface area contributed by atoms with E-state index >= 15 is 0 Å². The molecule has 0 aliphatic carbocycles. The number of hydrogen-bond donors (Lipinski definition) is 1. The maximum absolute atomic E-state index is 12.4. The van der Waals surface area contributed by atoms with Gasteiger partial charge in [0.1, 0.15) is 24.2 Å². The number of aromatic nitrogens is 4. The summed E-state index contributed by atoms with van der Waals surface area (Å²) in [5, 5.41) is 2.88. The number of benzene rings is 2. The third-order valence-corrected chi connectivity index (χ3v) is 4.79. The average Bonchev–Trinajstić information content (AvgIpc) is 3.25. The van der Waals surface area contributed by atoms with Gasteiger partial charge in [0.05, 0.1) is 5.56 Å². The highest BCUT2D eigenvalue weighted by molar-refractivity contribution is 14.1. The van der Waals surface area contributed by atoms with E-state index in [4.69, 9.17) is 4.74 Å². The molecule has 0 saturated carbocycles. The lowest BCUT2D eigenvalue weighted by Crippen LogP contribution is -2.13. The fourth-order valence-corrected chi connectivity index (χ4v) is 3.12. The van der Waals surface area contributed by atoms with Crippen molar-refractivity contribution < 1.29 is 9.53 Å². The van der Waals surface area contributed by atoms with Crippen LogP contribution in [0.2, 0.25) is 0 Å². The van der Waals surface area contributed by atoms with Crippen LogP contribution in [-0.2, 0) is 0 Å². The van der Waals surface area contributed by atoms with Crippen molar-refractivity contribution in [1.29, 1.82) is 0 Å². The fourth-order valence-electron chi connectivity index (χ4n) is 2.49. The molecule has 8 heteroatoms. The molecule has 1 amide bonds. The number of nitrogens with one attached hydrogen (secondary N) is 1. The maximum Gasteiger partial charge on any atom is 0.256 e. The second-order valence-electron chi connectivity index (χ2n) is 5.74. The summed E-state index contributed by atoms with van der Waals surface area (Å²) >= 11 is 2.14. The second kappa shape index (κ2) is 8.17. The Morgan fingerprint density at radius 2 is 1.89 bits per heavy atom. The first kappa shape index (κ1) is 18.1. The van der Waals surface area contributed by atoms with E-state index in [1.165, 1.54) is 6.33 Å². The Morgan fingerprint density at radius 3 is 2.64 bits per heavy atom. The summed E-state index contributed by atoms with van der Waals surface area (Å²) in [4.78, 5) is 24.7. The van der Waals surface area contributed by atoms with Gasteiger partial charge < -0.3 is 10.1 Å².